The maximum atomic E-state index is 5.09. The number of benzene rings is 1. The highest BCUT2D eigenvalue weighted by atomic mass is 32.1. The van der Waals surface area contributed by atoms with Gasteiger partial charge in [-0.15, -0.1) is 4.68 Å². The molecule has 3 nitrogen and oxygen atoms in total. The third-order valence-electron chi connectivity index (χ3n) is 2.27. The molecule has 15 heavy (non-hydrogen) atoms. The van der Waals surface area contributed by atoms with E-state index in [0.29, 0.717) is 0 Å². The summed E-state index contributed by atoms with van der Waals surface area (Å²) < 4.78 is 7.10. The summed E-state index contributed by atoms with van der Waals surface area (Å²) in [6.45, 7) is 0.935. The van der Waals surface area contributed by atoms with Crippen molar-refractivity contribution in [3.05, 3.63) is 29.8 Å². The second kappa shape index (κ2) is 4.40. The van der Waals surface area contributed by atoms with Crippen molar-refractivity contribution in [2.24, 2.45) is 0 Å². The molecule has 4 heteroatoms. The molecule has 0 saturated carbocycles. The van der Waals surface area contributed by atoms with Crippen LogP contribution < -0.4 is 10.2 Å². The number of rotatable bonds is 2. The minimum absolute atomic E-state index is 0.872. The Balaban J connectivity index is 2.13. The van der Waals surface area contributed by atoms with E-state index >= 15 is 0 Å². The minimum Gasteiger partial charge on any atom is -0.497 e. The van der Waals surface area contributed by atoms with Crippen LogP contribution in [-0.2, 0) is 0 Å². The molecule has 0 atom stereocenters. The van der Waals surface area contributed by atoms with Crippen molar-refractivity contribution in [1.29, 1.82) is 0 Å². The molecule has 0 amide bonds. The van der Waals surface area contributed by atoms with Crippen LogP contribution in [0.3, 0.4) is 0 Å². The lowest BCUT2D eigenvalue weighted by atomic mass is 10.2. The molecule has 0 spiro atoms. The van der Waals surface area contributed by atoms with E-state index in [-0.39, 0.29) is 0 Å². The smallest absolute Gasteiger partial charge is 0.201 e. The highest BCUT2D eigenvalue weighted by Gasteiger charge is 2.17. The standard InChI is InChI=1S/C11H12N2OS/c1-14-10-4-2-9(3-5-10)8-13-7-6-11(15)12-13/h2-5,8H,6-7H2,1H3/p+1. The van der Waals surface area contributed by atoms with Gasteiger partial charge < -0.3 is 4.74 Å². The van der Waals surface area contributed by atoms with Crippen LogP contribution in [0.2, 0.25) is 0 Å². The van der Waals surface area contributed by atoms with Crippen LogP contribution in [0.15, 0.2) is 24.3 Å². The summed E-state index contributed by atoms with van der Waals surface area (Å²) in [7, 11) is 1.67. The van der Waals surface area contributed by atoms with Crippen molar-refractivity contribution >= 4 is 23.4 Å². The van der Waals surface area contributed by atoms with E-state index < -0.39 is 0 Å². The van der Waals surface area contributed by atoms with Gasteiger partial charge in [-0.1, -0.05) is 12.2 Å². The maximum absolute atomic E-state index is 5.09. The van der Waals surface area contributed by atoms with Gasteiger partial charge in [-0.05, 0) is 24.3 Å². The van der Waals surface area contributed by atoms with Crippen molar-refractivity contribution in [3.63, 3.8) is 0 Å². The fraction of sp³-hybridized carbons (Fsp3) is 0.273. The lowest BCUT2D eigenvalue weighted by Crippen LogP contribution is -2.24. The van der Waals surface area contributed by atoms with Gasteiger partial charge in [-0.3, -0.25) is 0 Å². The molecule has 1 aromatic carbocycles. The molecule has 0 radical (unpaired) electrons. The first-order valence-electron chi connectivity index (χ1n) is 4.83. The van der Waals surface area contributed by atoms with E-state index in [1.807, 2.05) is 35.2 Å². The van der Waals surface area contributed by atoms with Crippen LogP contribution in [-0.4, -0.2) is 29.5 Å². The highest BCUT2D eigenvalue weighted by molar-refractivity contribution is 7.80. The zero-order valence-corrected chi connectivity index (χ0v) is 9.38. The van der Waals surface area contributed by atoms with Crippen LogP contribution in [0.1, 0.15) is 12.0 Å². The number of hydrazone groups is 1. The quantitative estimate of drug-likeness (QED) is 0.603. The first-order valence-corrected chi connectivity index (χ1v) is 5.24. The summed E-state index contributed by atoms with van der Waals surface area (Å²) in [5, 5.41) is 0. The molecule has 2 rings (SSSR count). The molecule has 1 N–H and O–H groups in total. The molecule has 0 aromatic heterocycles. The number of nitrogens with one attached hydrogen (secondary N) is 1. The Bertz CT molecular complexity index is 398. The number of methoxy groups -OCH3 is 1. The average molecular weight is 221 g/mol. The molecule has 1 heterocycles. The summed E-state index contributed by atoms with van der Waals surface area (Å²) >= 11 is 5.06. The topological polar surface area (TPSA) is 24.3 Å². The van der Waals surface area contributed by atoms with E-state index in [9.17, 15) is 0 Å². The van der Waals surface area contributed by atoms with Gasteiger partial charge in [0.15, 0.2) is 6.54 Å². The number of hydrogen-bond acceptors (Lipinski definition) is 2. The molecule has 1 saturated heterocycles. The third kappa shape index (κ3) is 2.53. The van der Waals surface area contributed by atoms with Crippen LogP contribution in [0.4, 0.5) is 0 Å². The lowest BCUT2D eigenvalue weighted by molar-refractivity contribution is -0.551. The van der Waals surface area contributed by atoms with Gasteiger partial charge in [0.25, 0.3) is 0 Å². The zero-order valence-electron chi connectivity index (χ0n) is 8.56. The van der Waals surface area contributed by atoms with E-state index in [0.717, 1.165) is 29.3 Å². The fourth-order valence-electron chi connectivity index (χ4n) is 1.46. The second-order valence-electron chi connectivity index (χ2n) is 3.38. The average Bonchev–Trinajstić information content (AvgIpc) is 2.65. The monoisotopic (exact) mass is 221 g/mol. The van der Waals surface area contributed by atoms with Gasteiger partial charge in [0.05, 0.1) is 13.5 Å². The largest absolute Gasteiger partial charge is 0.497 e. The van der Waals surface area contributed by atoms with Crippen molar-refractivity contribution in [3.8, 4) is 5.75 Å². The predicted molar refractivity (Wildman–Crippen MR) is 63.6 cm³/mol. The molecule has 0 aliphatic carbocycles. The SMILES string of the molecule is COc1ccc(C=[N+]2CCC(=S)N2)cc1. The third-order valence-corrected chi connectivity index (χ3v) is 2.56. The van der Waals surface area contributed by atoms with Crippen LogP contribution >= 0.6 is 12.2 Å². The minimum atomic E-state index is 0.872. The molecule has 1 aliphatic rings. The van der Waals surface area contributed by atoms with Crippen LogP contribution in [0.5, 0.6) is 5.75 Å². The number of hydrogen-bond donors (Lipinski definition) is 1. The highest BCUT2D eigenvalue weighted by Crippen LogP contribution is 2.09. The van der Waals surface area contributed by atoms with Gasteiger partial charge in [-0.2, -0.15) is 5.43 Å². The predicted octanol–water partition coefficient (Wildman–Crippen LogP) is 1.36. The number of thiocarbonyl (C=S) groups is 1. The molecular weight excluding hydrogens is 208 g/mol. The Labute approximate surface area is 94.3 Å². The van der Waals surface area contributed by atoms with E-state index in [1.165, 1.54) is 0 Å². The first kappa shape index (κ1) is 10.1. The Morgan fingerprint density at radius 3 is 2.67 bits per heavy atom. The number of nitrogens with zero attached hydrogens (tertiary/aromatic N) is 1. The fourth-order valence-corrected chi connectivity index (χ4v) is 1.67. The van der Waals surface area contributed by atoms with Gasteiger partial charge in [0, 0.05) is 5.56 Å². The molecule has 1 aromatic rings. The van der Waals surface area contributed by atoms with E-state index in [2.05, 4.69) is 5.43 Å². The molecule has 1 aliphatic heterocycles. The zero-order chi connectivity index (χ0) is 10.7. The van der Waals surface area contributed by atoms with Crippen molar-refractivity contribution in [2.75, 3.05) is 13.7 Å². The maximum Gasteiger partial charge on any atom is 0.201 e. The summed E-state index contributed by atoms with van der Waals surface area (Å²) in [4.78, 5) is 0.903. The summed E-state index contributed by atoms with van der Waals surface area (Å²) in [6.07, 6.45) is 2.97. The summed E-state index contributed by atoms with van der Waals surface area (Å²) in [5.41, 5.74) is 4.24. The van der Waals surface area contributed by atoms with Crippen molar-refractivity contribution in [1.82, 2.24) is 5.43 Å². The summed E-state index contributed by atoms with van der Waals surface area (Å²) in [6, 6.07) is 7.92. The Morgan fingerprint density at radius 2 is 2.13 bits per heavy atom. The molecule has 78 valence electrons. The van der Waals surface area contributed by atoms with E-state index in [4.69, 9.17) is 17.0 Å². The second-order valence-corrected chi connectivity index (χ2v) is 3.87. The molecular formula is C11H13N2OS+. The van der Waals surface area contributed by atoms with Gasteiger partial charge in [0.1, 0.15) is 10.7 Å². The van der Waals surface area contributed by atoms with Crippen molar-refractivity contribution < 1.29 is 9.42 Å². The van der Waals surface area contributed by atoms with Gasteiger partial charge >= 0.3 is 0 Å². The van der Waals surface area contributed by atoms with E-state index in [1.54, 1.807) is 7.11 Å². The number of ether oxygens (including phenoxy) is 1. The Kier molecular flexibility index (Phi) is 2.97. The van der Waals surface area contributed by atoms with Crippen molar-refractivity contribution in [2.45, 2.75) is 6.42 Å². The molecule has 0 unspecified atom stereocenters. The van der Waals surface area contributed by atoms with Gasteiger partial charge in [0.2, 0.25) is 6.21 Å². The van der Waals surface area contributed by atoms with Gasteiger partial charge in [-0.25, -0.2) is 0 Å². The molecule has 1 fully saturated rings. The number of hydrazine groups is 1. The lowest BCUT2D eigenvalue weighted by Gasteiger charge is -1.98. The Hall–Kier alpha value is -1.42. The normalized spacial score (nSPS) is 17.9. The van der Waals surface area contributed by atoms with Crippen LogP contribution in [0, 0.1) is 0 Å². The van der Waals surface area contributed by atoms with Crippen LogP contribution in [0.25, 0.3) is 0 Å². The first-order chi connectivity index (χ1) is 7.28. The summed E-state index contributed by atoms with van der Waals surface area (Å²) in [5.74, 6) is 0.872. The Morgan fingerprint density at radius 1 is 1.40 bits per heavy atom. The molecule has 0 bridgehead atoms.